The zero-order valence-corrected chi connectivity index (χ0v) is 13.8. The van der Waals surface area contributed by atoms with E-state index in [1.165, 1.54) is 4.90 Å². The van der Waals surface area contributed by atoms with Gasteiger partial charge in [-0.05, 0) is 38.1 Å². The number of thioether (sulfide) groups is 1. The van der Waals surface area contributed by atoms with Gasteiger partial charge in [0, 0.05) is 42.2 Å². The standard InChI is InChI=1S/C16H24N2O2S/c1-12-13(2)18(10-9-17-12)16(19)8-11-21-15-6-4-14(20-3)5-7-15/h4-7,12-13,17H,8-11H2,1-3H3. The van der Waals surface area contributed by atoms with E-state index in [1.54, 1.807) is 18.9 Å². The van der Waals surface area contributed by atoms with Gasteiger partial charge in [-0.25, -0.2) is 0 Å². The van der Waals surface area contributed by atoms with Crippen molar-refractivity contribution in [3.05, 3.63) is 24.3 Å². The summed E-state index contributed by atoms with van der Waals surface area (Å²) in [5.41, 5.74) is 0. The number of amides is 1. The Hall–Kier alpha value is -1.20. The van der Waals surface area contributed by atoms with E-state index in [0.717, 1.165) is 24.6 Å². The molecule has 4 nitrogen and oxygen atoms in total. The van der Waals surface area contributed by atoms with Gasteiger partial charge in [0.15, 0.2) is 0 Å². The second-order valence-electron chi connectivity index (χ2n) is 5.34. The summed E-state index contributed by atoms with van der Waals surface area (Å²) in [6.45, 7) is 5.96. The van der Waals surface area contributed by atoms with E-state index < -0.39 is 0 Å². The smallest absolute Gasteiger partial charge is 0.223 e. The highest BCUT2D eigenvalue weighted by atomic mass is 32.2. The number of piperazine rings is 1. The highest BCUT2D eigenvalue weighted by molar-refractivity contribution is 7.99. The lowest BCUT2D eigenvalue weighted by atomic mass is 10.1. The largest absolute Gasteiger partial charge is 0.497 e. The average Bonchev–Trinajstić information content (AvgIpc) is 2.50. The predicted octanol–water partition coefficient (Wildman–Crippen LogP) is 2.39. The van der Waals surface area contributed by atoms with Gasteiger partial charge in [-0.2, -0.15) is 0 Å². The quantitative estimate of drug-likeness (QED) is 0.848. The molecule has 0 bridgehead atoms. The van der Waals surface area contributed by atoms with Crippen LogP contribution in [0.5, 0.6) is 5.75 Å². The molecule has 1 saturated heterocycles. The van der Waals surface area contributed by atoms with Crippen LogP contribution < -0.4 is 10.1 Å². The van der Waals surface area contributed by atoms with Crippen LogP contribution in [0.4, 0.5) is 0 Å². The number of benzene rings is 1. The molecule has 5 heteroatoms. The van der Waals surface area contributed by atoms with E-state index in [1.807, 2.05) is 29.2 Å². The molecular weight excluding hydrogens is 284 g/mol. The summed E-state index contributed by atoms with van der Waals surface area (Å²) in [6, 6.07) is 8.61. The van der Waals surface area contributed by atoms with Crippen molar-refractivity contribution in [2.75, 3.05) is 26.0 Å². The third-order valence-corrected chi connectivity index (χ3v) is 5.01. The van der Waals surface area contributed by atoms with E-state index in [4.69, 9.17) is 4.74 Å². The Morgan fingerprint density at radius 1 is 1.38 bits per heavy atom. The number of carbonyl (C=O) groups excluding carboxylic acids is 1. The van der Waals surface area contributed by atoms with Crippen LogP contribution in [0, 0.1) is 0 Å². The molecule has 1 N–H and O–H groups in total. The molecule has 0 aliphatic carbocycles. The van der Waals surface area contributed by atoms with Crippen molar-refractivity contribution in [3.63, 3.8) is 0 Å². The van der Waals surface area contributed by atoms with E-state index in [9.17, 15) is 4.79 Å². The minimum Gasteiger partial charge on any atom is -0.497 e. The van der Waals surface area contributed by atoms with Crippen LogP contribution in [0.15, 0.2) is 29.2 Å². The maximum atomic E-state index is 12.3. The molecule has 1 aliphatic heterocycles. The number of nitrogens with one attached hydrogen (secondary N) is 1. The fourth-order valence-corrected chi connectivity index (χ4v) is 3.32. The summed E-state index contributed by atoms with van der Waals surface area (Å²) >= 11 is 1.72. The van der Waals surface area contributed by atoms with Crippen molar-refractivity contribution in [1.29, 1.82) is 0 Å². The van der Waals surface area contributed by atoms with Gasteiger partial charge >= 0.3 is 0 Å². The SMILES string of the molecule is COc1ccc(SCCC(=O)N2CCNC(C)C2C)cc1. The zero-order chi connectivity index (χ0) is 15.2. The summed E-state index contributed by atoms with van der Waals surface area (Å²) in [5.74, 6) is 1.94. The first kappa shape index (κ1) is 16.2. The Kier molecular flexibility index (Phi) is 5.94. The minimum atomic E-state index is 0.261. The fourth-order valence-electron chi connectivity index (χ4n) is 2.48. The van der Waals surface area contributed by atoms with E-state index >= 15 is 0 Å². The number of rotatable bonds is 5. The van der Waals surface area contributed by atoms with Crippen molar-refractivity contribution in [2.24, 2.45) is 0 Å². The Morgan fingerprint density at radius 2 is 2.10 bits per heavy atom. The maximum absolute atomic E-state index is 12.3. The van der Waals surface area contributed by atoms with E-state index in [0.29, 0.717) is 12.5 Å². The first-order valence-corrected chi connectivity index (χ1v) is 8.40. The van der Waals surface area contributed by atoms with Gasteiger partial charge in [-0.15, -0.1) is 11.8 Å². The van der Waals surface area contributed by atoms with Crippen LogP contribution in [-0.2, 0) is 4.79 Å². The summed E-state index contributed by atoms with van der Waals surface area (Å²) in [7, 11) is 1.66. The molecule has 2 unspecified atom stereocenters. The van der Waals surface area contributed by atoms with Gasteiger partial charge in [0.25, 0.3) is 0 Å². The Morgan fingerprint density at radius 3 is 2.76 bits per heavy atom. The van der Waals surface area contributed by atoms with Gasteiger partial charge in [0.2, 0.25) is 5.91 Å². The Bertz CT molecular complexity index is 464. The maximum Gasteiger partial charge on any atom is 0.223 e. The van der Waals surface area contributed by atoms with Crippen LogP contribution in [0.3, 0.4) is 0 Å². The summed E-state index contributed by atoms with van der Waals surface area (Å²) in [5, 5.41) is 3.40. The average molecular weight is 308 g/mol. The molecule has 1 amide bonds. The molecule has 116 valence electrons. The van der Waals surface area contributed by atoms with Crippen molar-refractivity contribution in [2.45, 2.75) is 37.2 Å². The van der Waals surface area contributed by atoms with Gasteiger partial charge in [-0.3, -0.25) is 4.79 Å². The molecule has 1 fully saturated rings. The first-order chi connectivity index (χ1) is 10.1. The molecule has 1 aromatic carbocycles. The summed E-state index contributed by atoms with van der Waals surface area (Å²) < 4.78 is 5.14. The van der Waals surface area contributed by atoms with Gasteiger partial charge in [-0.1, -0.05) is 0 Å². The Balaban J connectivity index is 1.78. The molecular formula is C16H24N2O2S. The number of hydrogen-bond acceptors (Lipinski definition) is 4. The molecule has 1 heterocycles. The number of methoxy groups -OCH3 is 1. The molecule has 1 aliphatic rings. The second-order valence-corrected chi connectivity index (χ2v) is 6.51. The number of ether oxygens (including phenoxy) is 1. The Labute approximate surface area is 131 Å². The molecule has 0 radical (unpaired) electrons. The lowest BCUT2D eigenvalue weighted by Crippen LogP contribution is -2.57. The minimum absolute atomic E-state index is 0.261. The van der Waals surface area contributed by atoms with Gasteiger partial charge in [0.05, 0.1) is 7.11 Å². The molecule has 0 aromatic heterocycles. The summed E-state index contributed by atoms with van der Waals surface area (Å²) in [4.78, 5) is 15.5. The third-order valence-electron chi connectivity index (χ3n) is 4.00. The normalized spacial score (nSPS) is 22.1. The van der Waals surface area contributed by atoms with E-state index in [2.05, 4.69) is 19.2 Å². The highest BCUT2D eigenvalue weighted by Gasteiger charge is 2.27. The van der Waals surface area contributed by atoms with Crippen molar-refractivity contribution >= 4 is 17.7 Å². The monoisotopic (exact) mass is 308 g/mol. The lowest BCUT2D eigenvalue weighted by molar-refractivity contribution is -0.134. The number of nitrogens with zero attached hydrogens (tertiary/aromatic N) is 1. The van der Waals surface area contributed by atoms with Crippen molar-refractivity contribution in [1.82, 2.24) is 10.2 Å². The van der Waals surface area contributed by atoms with Crippen LogP contribution in [0.25, 0.3) is 0 Å². The first-order valence-electron chi connectivity index (χ1n) is 7.41. The van der Waals surface area contributed by atoms with Crippen molar-refractivity contribution < 1.29 is 9.53 Å². The highest BCUT2D eigenvalue weighted by Crippen LogP contribution is 2.22. The van der Waals surface area contributed by atoms with Crippen LogP contribution >= 0.6 is 11.8 Å². The molecule has 0 saturated carbocycles. The molecule has 0 spiro atoms. The molecule has 2 rings (SSSR count). The number of hydrogen-bond donors (Lipinski definition) is 1. The number of carbonyl (C=O) groups is 1. The summed E-state index contributed by atoms with van der Waals surface area (Å²) in [6.07, 6.45) is 0.591. The zero-order valence-electron chi connectivity index (χ0n) is 13.0. The van der Waals surface area contributed by atoms with Gasteiger partial charge in [0.1, 0.15) is 5.75 Å². The van der Waals surface area contributed by atoms with Crippen molar-refractivity contribution in [3.8, 4) is 5.75 Å². The second kappa shape index (κ2) is 7.71. The fraction of sp³-hybridized carbons (Fsp3) is 0.562. The van der Waals surface area contributed by atoms with Crippen LogP contribution in [0.2, 0.25) is 0 Å². The van der Waals surface area contributed by atoms with Crippen LogP contribution in [0.1, 0.15) is 20.3 Å². The molecule has 2 atom stereocenters. The topological polar surface area (TPSA) is 41.6 Å². The van der Waals surface area contributed by atoms with Crippen LogP contribution in [-0.4, -0.2) is 48.8 Å². The molecule has 1 aromatic rings. The van der Waals surface area contributed by atoms with E-state index in [-0.39, 0.29) is 11.9 Å². The third kappa shape index (κ3) is 4.38. The van der Waals surface area contributed by atoms with Gasteiger partial charge < -0.3 is 15.0 Å². The molecule has 21 heavy (non-hydrogen) atoms. The lowest BCUT2D eigenvalue weighted by Gasteiger charge is -2.38. The predicted molar refractivity (Wildman–Crippen MR) is 87.0 cm³/mol.